The molecule has 0 saturated carbocycles. The summed E-state index contributed by atoms with van der Waals surface area (Å²) in [6, 6.07) is 3.32. The molecule has 0 aromatic carbocycles. The first-order chi connectivity index (χ1) is 10.6. The maximum atomic E-state index is 12.2. The van der Waals surface area contributed by atoms with E-state index in [1.54, 1.807) is 12.1 Å². The predicted molar refractivity (Wildman–Crippen MR) is 80.6 cm³/mol. The van der Waals surface area contributed by atoms with Crippen LogP contribution in [0.3, 0.4) is 0 Å². The molecule has 2 aromatic heterocycles. The van der Waals surface area contributed by atoms with Gasteiger partial charge in [-0.2, -0.15) is 15.3 Å². The van der Waals surface area contributed by atoms with E-state index in [1.165, 1.54) is 10.7 Å². The van der Waals surface area contributed by atoms with E-state index in [2.05, 4.69) is 31.5 Å². The van der Waals surface area contributed by atoms with Crippen LogP contribution < -0.4 is 5.32 Å². The number of hydrogen-bond acceptors (Lipinski definition) is 5. The maximum Gasteiger partial charge on any atom is 0.271 e. The third-order valence-corrected chi connectivity index (χ3v) is 3.63. The normalized spacial score (nSPS) is 14.7. The van der Waals surface area contributed by atoms with Crippen LogP contribution in [0.25, 0.3) is 5.65 Å². The van der Waals surface area contributed by atoms with Crippen LogP contribution >= 0.6 is 11.6 Å². The SMILES string of the molecule is C#CCCC1(CCNC(=O)c2cnc3ccc(Cl)nn23)N=N1. The summed E-state index contributed by atoms with van der Waals surface area (Å²) >= 11 is 5.84. The zero-order chi connectivity index (χ0) is 15.6. The zero-order valence-electron chi connectivity index (χ0n) is 11.7. The Bertz CT molecular complexity index is 784. The summed E-state index contributed by atoms with van der Waals surface area (Å²) in [7, 11) is 0. The number of hydrogen-bond donors (Lipinski definition) is 1. The van der Waals surface area contributed by atoms with Crippen molar-refractivity contribution in [2.45, 2.75) is 24.9 Å². The molecule has 0 radical (unpaired) electrons. The number of carbonyl (C=O) groups is 1. The lowest BCUT2D eigenvalue weighted by Crippen LogP contribution is -2.29. The van der Waals surface area contributed by atoms with Crippen molar-refractivity contribution in [3.63, 3.8) is 0 Å². The Kier molecular flexibility index (Phi) is 3.77. The van der Waals surface area contributed by atoms with Crippen LogP contribution in [-0.2, 0) is 0 Å². The average Bonchev–Trinajstić information content (AvgIpc) is 3.15. The first kappa shape index (κ1) is 14.5. The summed E-state index contributed by atoms with van der Waals surface area (Å²) in [6.07, 6.45) is 8.67. The van der Waals surface area contributed by atoms with E-state index in [0.29, 0.717) is 42.3 Å². The Balaban J connectivity index is 1.60. The summed E-state index contributed by atoms with van der Waals surface area (Å²) in [5, 5.41) is 15.2. The highest BCUT2D eigenvalue weighted by atomic mass is 35.5. The summed E-state index contributed by atoms with van der Waals surface area (Å²) in [6.45, 7) is 0.449. The molecule has 7 nitrogen and oxygen atoms in total. The van der Waals surface area contributed by atoms with Crippen molar-refractivity contribution >= 4 is 23.2 Å². The van der Waals surface area contributed by atoms with Crippen molar-refractivity contribution in [2.75, 3.05) is 6.54 Å². The minimum atomic E-state index is -0.402. The van der Waals surface area contributed by atoms with E-state index in [4.69, 9.17) is 18.0 Å². The first-order valence-corrected chi connectivity index (χ1v) is 7.17. The highest BCUT2D eigenvalue weighted by Gasteiger charge is 2.38. The molecule has 0 unspecified atom stereocenters. The van der Waals surface area contributed by atoms with Gasteiger partial charge < -0.3 is 5.32 Å². The highest BCUT2D eigenvalue weighted by Crippen LogP contribution is 2.36. The van der Waals surface area contributed by atoms with E-state index in [0.717, 1.165) is 0 Å². The monoisotopic (exact) mass is 316 g/mol. The van der Waals surface area contributed by atoms with Crippen LogP contribution in [-0.4, -0.2) is 32.7 Å². The van der Waals surface area contributed by atoms with Gasteiger partial charge in [0, 0.05) is 25.8 Å². The van der Waals surface area contributed by atoms with Crippen molar-refractivity contribution in [2.24, 2.45) is 10.2 Å². The minimum absolute atomic E-state index is 0.269. The smallest absolute Gasteiger partial charge is 0.271 e. The average molecular weight is 317 g/mol. The maximum absolute atomic E-state index is 12.2. The molecule has 0 atom stereocenters. The minimum Gasteiger partial charge on any atom is -0.350 e. The molecule has 2 aromatic rings. The van der Waals surface area contributed by atoms with Crippen LogP contribution in [0.2, 0.25) is 5.15 Å². The molecule has 0 bridgehead atoms. The number of carbonyl (C=O) groups excluding carboxylic acids is 1. The highest BCUT2D eigenvalue weighted by molar-refractivity contribution is 6.29. The van der Waals surface area contributed by atoms with Gasteiger partial charge in [-0.3, -0.25) is 4.79 Å². The Morgan fingerprint density at radius 2 is 2.23 bits per heavy atom. The van der Waals surface area contributed by atoms with Gasteiger partial charge in [-0.1, -0.05) is 11.6 Å². The van der Waals surface area contributed by atoms with Crippen LogP contribution in [0.4, 0.5) is 0 Å². The molecule has 1 aliphatic rings. The van der Waals surface area contributed by atoms with Gasteiger partial charge >= 0.3 is 0 Å². The fourth-order valence-corrected chi connectivity index (χ4v) is 2.28. The first-order valence-electron chi connectivity index (χ1n) is 6.80. The summed E-state index contributed by atoms with van der Waals surface area (Å²) in [4.78, 5) is 16.3. The van der Waals surface area contributed by atoms with E-state index >= 15 is 0 Å². The molecule has 8 heteroatoms. The van der Waals surface area contributed by atoms with Gasteiger partial charge in [0.1, 0.15) is 5.15 Å². The lowest BCUT2D eigenvalue weighted by Gasteiger charge is -2.09. The van der Waals surface area contributed by atoms with Gasteiger partial charge in [-0.05, 0) is 12.1 Å². The summed E-state index contributed by atoms with van der Waals surface area (Å²) in [5.74, 6) is 2.30. The molecule has 0 fully saturated rings. The number of halogens is 1. The Morgan fingerprint density at radius 1 is 1.41 bits per heavy atom. The molecule has 3 heterocycles. The van der Waals surface area contributed by atoms with Crippen molar-refractivity contribution in [1.29, 1.82) is 0 Å². The van der Waals surface area contributed by atoms with Crippen molar-refractivity contribution in [3.8, 4) is 12.3 Å². The number of terminal acetylenes is 1. The quantitative estimate of drug-likeness (QED) is 0.828. The molecule has 0 spiro atoms. The molecule has 112 valence electrons. The lowest BCUT2D eigenvalue weighted by molar-refractivity contribution is 0.0945. The van der Waals surface area contributed by atoms with E-state index in [1.807, 2.05) is 0 Å². The molecule has 0 saturated heterocycles. The number of fused-ring (bicyclic) bond motifs is 1. The summed E-state index contributed by atoms with van der Waals surface area (Å²) < 4.78 is 1.41. The number of amides is 1. The molecule has 0 aliphatic carbocycles. The van der Waals surface area contributed by atoms with Gasteiger partial charge in [-0.25, -0.2) is 9.50 Å². The Labute approximate surface area is 131 Å². The van der Waals surface area contributed by atoms with Gasteiger partial charge in [-0.15, -0.1) is 12.3 Å². The third kappa shape index (κ3) is 2.92. The van der Waals surface area contributed by atoms with Crippen LogP contribution in [0, 0.1) is 12.3 Å². The molecule has 3 rings (SSSR count). The van der Waals surface area contributed by atoms with Gasteiger partial charge in [0.05, 0.1) is 6.20 Å². The van der Waals surface area contributed by atoms with Gasteiger partial charge in [0.15, 0.2) is 17.0 Å². The second-order valence-electron chi connectivity index (χ2n) is 4.96. The van der Waals surface area contributed by atoms with Crippen LogP contribution in [0.5, 0.6) is 0 Å². The molecule has 1 amide bonds. The zero-order valence-corrected chi connectivity index (χ0v) is 12.4. The predicted octanol–water partition coefficient (Wildman–Crippen LogP) is 2.08. The standard InChI is InChI=1S/C14H13ClN6O/c1-2-3-6-14(19-20-14)7-8-16-13(22)10-9-17-12-5-4-11(15)18-21(10)12/h1,4-5,9H,3,6-8H2,(H,16,22). The molecule has 1 N–H and O–H groups in total. The van der Waals surface area contributed by atoms with Crippen molar-refractivity contribution < 1.29 is 4.79 Å². The Hall–Kier alpha value is -2.46. The lowest BCUT2D eigenvalue weighted by atomic mass is 10.0. The fourth-order valence-electron chi connectivity index (χ4n) is 2.14. The molecule has 22 heavy (non-hydrogen) atoms. The van der Waals surface area contributed by atoms with Crippen LogP contribution in [0.15, 0.2) is 28.6 Å². The largest absolute Gasteiger partial charge is 0.350 e. The second kappa shape index (κ2) is 5.73. The number of nitrogens with one attached hydrogen (secondary N) is 1. The van der Waals surface area contributed by atoms with E-state index in [9.17, 15) is 4.79 Å². The van der Waals surface area contributed by atoms with E-state index < -0.39 is 5.66 Å². The summed E-state index contributed by atoms with van der Waals surface area (Å²) in [5.41, 5.74) is 0.493. The van der Waals surface area contributed by atoms with Gasteiger partial charge in [0.2, 0.25) is 0 Å². The number of rotatable bonds is 6. The number of nitrogens with zero attached hydrogens (tertiary/aromatic N) is 5. The topological polar surface area (TPSA) is 84.0 Å². The fraction of sp³-hybridized carbons (Fsp3) is 0.357. The molecular weight excluding hydrogens is 304 g/mol. The Morgan fingerprint density at radius 3 is 2.95 bits per heavy atom. The van der Waals surface area contributed by atoms with E-state index in [-0.39, 0.29) is 5.91 Å². The third-order valence-electron chi connectivity index (χ3n) is 3.43. The number of imidazole rings is 1. The van der Waals surface area contributed by atoms with Crippen LogP contribution in [0.1, 0.15) is 29.8 Å². The van der Waals surface area contributed by atoms with Gasteiger partial charge in [0.25, 0.3) is 5.91 Å². The second-order valence-corrected chi connectivity index (χ2v) is 5.35. The molecule has 1 aliphatic heterocycles. The number of aromatic nitrogens is 3. The van der Waals surface area contributed by atoms with Crippen molar-refractivity contribution in [3.05, 3.63) is 29.2 Å². The molecular formula is C14H13ClN6O. The van der Waals surface area contributed by atoms with Crippen molar-refractivity contribution in [1.82, 2.24) is 19.9 Å².